The van der Waals surface area contributed by atoms with Gasteiger partial charge in [-0.3, -0.25) is 14.5 Å². The summed E-state index contributed by atoms with van der Waals surface area (Å²) < 4.78 is 5.08. The molecule has 1 heterocycles. The van der Waals surface area contributed by atoms with E-state index in [9.17, 15) is 14.4 Å². The zero-order chi connectivity index (χ0) is 16.4. The lowest BCUT2D eigenvalue weighted by Crippen LogP contribution is -2.43. The summed E-state index contributed by atoms with van der Waals surface area (Å²) in [5.41, 5.74) is -0.625. The van der Waals surface area contributed by atoms with Gasteiger partial charge in [0, 0.05) is 13.0 Å². The molecule has 1 N–H and O–H groups in total. The van der Waals surface area contributed by atoms with Crippen LogP contribution in [0.1, 0.15) is 59.3 Å². The van der Waals surface area contributed by atoms with E-state index in [0.717, 1.165) is 25.7 Å². The van der Waals surface area contributed by atoms with Crippen molar-refractivity contribution in [2.45, 2.75) is 64.9 Å². The van der Waals surface area contributed by atoms with Gasteiger partial charge in [-0.05, 0) is 39.0 Å². The molecule has 0 aromatic rings. The average molecular weight is 310 g/mol. The van der Waals surface area contributed by atoms with Crippen LogP contribution in [0.5, 0.6) is 0 Å². The Kier molecular flexibility index (Phi) is 4.78. The maximum absolute atomic E-state index is 12.2. The van der Waals surface area contributed by atoms with Crippen molar-refractivity contribution in [3.8, 4) is 0 Å². The molecule has 0 aromatic carbocycles. The van der Waals surface area contributed by atoms with Crippen LogP contribution in [0.15, 0.2) is 0 Å². The highest BCUT2D eigenvalue weighted by Crippen LogP contribution is 2.44. The molecule has 6 heteroatoms. The lowest BCUT2D eigenvalue weighted by molar-refractivity contribution is -0.141. The van der Waals surface area contributed by atoms with Crippen molar-refractivity contribution >= 4 is 17.9 Å². The molecule has 3 amide bonds. The minimum Gasteiger partial charge on any atom is -0.444 e. The van der Waals surface area contributed by atoms with Gasteiger partial charge in [-0.25, -0.2) is 4.79 Å². The molecule has 1 saturated carbocycles. The third-order valence-electron chi connectivity index (χ3n) is 4.32. The number of carbonyl (C=O) groups excluding carboxylic acids is 3. The standard InChI is InChI=1S/C16H26N2O4/c1-15(2,3)22-14(21)17-10-13(20)18-11-16(9-12(18)19)7-5-4-6-8-16/h4-11H2,1-3H3,(H,17,21). The predicted octanol–water partition coefficient (Wildman–Crippen LogP) is 2.22. The molecule has 1 spiro atoms. The quantitative estimate of drug-likeness (QED) is 0.848. The van der Waals surface area contributed by atoms with Crippen molar-refractivity contribution in [1.29, 1.82) is 0 Å². The smallest absolute Gasteiger partial charge is 0.408 e. The summed E-state index contributed by atoms with van der Waals surface area (Å²) in [4.78, 5) is 37.2. The summed E-state index contributed by atoms with van der Waals surface area (Å²) in [5.74, 6) is -0.462. The summed E-state index contributed by atoms with van der Waals surface area (Å²) >= 11 is 0. The summed E-state index contributed by atoms with van der Waals surface area (Å²) in [6.07, 6.45) is 5.33. The number of nitrogens with zero attached hydrogens (tertiary/aromatic N) is 1. The van der Waals surface area contributed by atoms with Gasteiger partial charge in [-0.2, -0.15) is 0 Å². The summed E-state index contributed by atoms with van der Waals surface area (Å²) in [6, 6.07) is 0. The van der Waals surface area contributed by atoms with E-state index in [0.29, 0.717) is 13.0 Å². The van der Waals surface area contributed by atoms with Crippen molar-refractivity contribution in [3.63, 3.8) is 0 Å². The summed E-state index contributed by atoms with van der Waals surface area (Å²) in [5, 5.41) is 2.42. The molecular formula is C16H26N2O4. The molecule has 1 aliphatic carbocycles. The first-order valence-corrected chi connectivity index (χ1v) is 8.01. The van der Waals surface area contributed by atoms with E-state index in [1.165, 1.54) is 11.3 Å². The molecule has 0 radical (unpaired) electrons. The topological polar surface area (TPSA) is 75.7 Å². The van der Waals surface area contributed by atoms with E-state index in [1.54, 1.807) is 20.8 Å². The Morgan fingerprint density at radius 2 is 1.86 bits per heavy atom. The Morgan fingerprint density at radius 1 is 1.23 bits per heavy atom. The van der Waals surface area contributed by atoms with Crippen LogP contribution in [0.3, 0.4) is 0 Å². The number of ether oxygens (including phenoxy) is 1. The van der Waals surface area contributed by atoms with E-state index in [1.807, 2.05) is 0 Å². The van der Waals surface area contributed by atoms with Gasteiger partial charge >= 0.3 is 6.09 Å². The fraction of sp³-hybridized carbons (Fsp3) is 0.812. The van der Waals surface area contributed by atoms with E-state index in [-0.39, 0.29) is 23.8 Å². The molecule has 22 heavy (non-hydrogen) atoms. The van der Waals surface area contributed by atoms with Crippen molar-refractivity contribution in [1.82, 2.24) is 10.2 Å². The Hall–Kier alpha value is -1.59. The monoisotopic (exact) mass is 310 g/mol. The van der Waals surface area contributed by atoms with Crippen LogP contribution in [0, 0.1) is 5.41 Å². The van der Waals surface area contributed by atoms with Crippen LogP contribution in [-0.2, 0) is 14.3 Å². The highest BCUT2D eigenvalue weighted by Gasteiger charge is 2.45. The van der Waals surface area contributed by atoms with Crippen LogP contribution in [0.25, 0.3) is 0 Å². The van der Waals surface area contributed by atoms with Gasteiger partial charge in [0.25, 0.3) is 0 Å². The second kappa shape index (κ2) is 6.26. The number of rotatable bonds is 2. The van der Waals surface area contributed by atoms with Gasteiger partial charge in [0.15, 0.2) is 0 Å². The zero-order valence-corrected chi connectivity index (χ0v) is 13.7. The average Bonchev–Trinajstić information content (AvgIpc) is 2.71. The van der Waals surface area contributed by atoms with Crippen molar-refractivity contribution in [2.75, 3.05) is 13.1 Å². The highest BCUT2D eigenvalue weighted by molar-refractivity contribution is 5.98. The fourth-order valence-electron chi connectivity index (χ4n) is 3.32. The molecule has 124 valence electrons. The molecule has 0 bridgehead atoms. The molecule has 1 aliphatic heterocycles. The number of carbonyl (C=O) groups is 3. The largest absolute Gasteiger partial charge is 0.444 e. The first-order valence-electron chi connectivity index (χ1n) is 8.01. The van der Waals surface area contributed by atoms with E-state index >= 15 is 0 Å². The second-order valence-corrected chi connectivity index (χ2v) is 7.47. The molecule has 2 fully saturated rings. The zero-order valence-electron chi connectivity index (χ0n) is 13.7. The number of imide groups is 1. The molecule has 0 unspecified atom stereocenters. The van der Waals surface area contributed by atoms with Crippen LogP contribution < -0.4 is 5.32 Å². The van der Waals surface area contributed by atoms with Crippen LogP contribution in [-0.4, -0.2) is 41.5 Å². The molecule has 2 aliphatic rings. The minimum atomic E-state index is -0.639. The number of amides is 3. The first kappa shape index (κ1) is 16.8. The van der Waals surface area contributed by atoms with E-state index in [4.69, 9.17) is 4.74 Å². The van der Waals surface area contributed by atoms with Crippen molar-refractivity contribution < 1.29 is 19.1 Å². The van der Waals surface area contributed by atoms with E-state index < -0.39 is 11.7 Å². The second-order valence-electron chi connectivity index (χ2n) is 7.47. The third kappa shape index (κ3) is 4.21. The molecule has 1 saturated heterocycles. The minimum absolute atomic E-state index is 0.0170. The summed E-state index contributed by atoms with van der Waals surface area (Å²) in [7, 11) is 0. The van der Waals surface area contributed by atoms with Crippen LogP contribution in [0.4, 0.5) is 4.79 Å². The Morgan fingerprint density at radius 3 is 2.45 bits per heavy atom. The number of alkyl carbamates (subject to hydrolysis) is 1. The van der Waals surface area contributed by atoms with Gasteiger partial charge in [-0.1, -0.05) is 19.3 Å². The maximum Gasteiger partial charge on any atom is 0.408 e. The van der Waals surface area contributed by atoms with Crippen molar-refractivity contribution in [3.05, 3.63) is 0 Å². The van der Waals surface area contributed by atoms with Gasteiger partial charge in [0.1, 0.15) is 12.1 Å². The molecule has 6 nitrogen and oxygen atoms in total. The Balaban J connectivity index is 1.85. The third-order valence-corrected chi connectivity index (χ3v) is 4.32. The Labute approximate surface area is 131 Å². The molecule has 2 rings (SSSR count). The Bertz CT molecular complexity index is 461. The van der Waals surface area contributed by atoms with Gasteiger partial charge in [0.05, 0.1) is 0 Å². The van der Waals surface area contributed by atoms with Gasteiger partial charge < -0.3 is 10.1 Å². The first-order chi connectivity index (χ1) is 10.2. The van der Waals surface area contributed by atoms with Crippen LogP contribution >= 0.6 is 0 Å². The van der Waals surface area contributed by atoms with Crippen molar-refractivity contribution in [2.24, 2.45) is 5.41 Å². The maximum atomic E-state index is 12.2. The highest BCUT2D eigenvalue weighted by atomic mass is 16.6. The molecule has 0 atom stereocenters. The van der Waals surface area contributed by atoms with E-state index in [2.05, 4.69) is 5.32 Å². The van der Waals surface area contributed by atoms with Crippen LogP contribution in [0.2, 0.25) is 0 Å². The predicted molar refractivity (Wildman–Crippen MR) is 81.1 cm³/mol. The number of likely N-dealkylation sites (tertiary alicyclic amines) is 1. The number of hydrogen-bond acceptors (Lipinski definition) is 4. The molecular weight excluding hydrogens is 284 g/mol. The SMILES string of the molecule is CC(C)(C)OC(=O)NCC(=O)N1CC2(CCCCC2)CC1=O. The number of hydrogen-bond donors (Lipinski definition) is 1. The van der Waals surface area contributed by atoms with Gasteiger partial charge in [-0.15, -0.1) is 0 Å². The molecule has 0 aromatic heterocycles. The lowest BCUT2D eigenvalue weighted by Gasteiger charge is -2.32. The number of nitrogens with one attached hydrogen (secondary N) is 1. The normalized spacial score (nSPS) is 21.0. The summed E-state index contributed by atoms with van der Waals surface area (Å²) in [6.45, 7) is 5.57. The van der Waals surface area contributed by atoms with Gasteiger partial charge in [0.2, 0.25) is 11.8 Å². The lowest BCUT2D eigenvalue weighted by atomic mass is 9.73. The fourth-order valence-corrected chi connectivity index (χ4v) is 3.32.